The van der Waals surface area contributed by atoms with Crippen LogP contribution in [0.4, 0.5) is 5.69 Å². The Kier molecular flexibility index (Phi) is 5.82. The molecule has 1 saturated heterocycles. The molecular weight excluding hydrogens is 364 g/mol. The average molecular weight is 388 g/mol. The van der Waals surface area contributed by atoms with Gasteiger partial charge in [-0.05, 0) is 67.3 Å². The molecule has 7 heteroatoms. The fourth-order valence-electron chi connectivity index (χ4n) is 3.17. The fraction of sp³-hybridized carbons (Fsp3) is 0.350. The van der Waals surface area contributed by atoms with Crippen LogP contribution >= 0.6 is 0 Å². The molecule has 27 heavy (non-hydrogen) atoms. The first kappa shape index (κ1) is 19.4. The number of hydrogen-bond donors (Lipinski definition) is 1. The van der Waals surface area contributed by atoms with Crippen molar-refractivity contribution in [3.05, 3.63) is 54.1 Å². The van der Waals surface area contributed by atoms with Crippen LogP contribution in [0.1, 0.15) is 30.1 Å². The lowest BCUT2D eigenvalue weighted by Gasteiger charge is -2.30. The van der Waals surface area contributed by atoms with E-state index in [1.54, 1.807) is 47.8 Å². The monoisotopic (exact) mass is 388 g/mol. The second-order valence-corrected chi connectivity index (χ2v) is 8.76. The molecule has 0 spiro atoms. The molecule has 1 aliphatic rings. The number of hydrogen-bond acceptors (Lipinski definition) is 4. The van der Waals surface area contributed by atoms with E-state index < -0.39 is 10.0 Å². The third kappa shape index (κ3) is 4.48. The largest absolute Gasteiger partial charge is 0.497 e. The van der Waals surface area contributed by atoms with E-state index in [4.69, 9.17) is 4.74 Å². The number of rotatable bonds is 5. The number of piperidine rings is 1. The molecule has 1 fully saturated rings. The van der Waals surface area contributed by atoms with Crippen molar-refractivity contribution >= 4 is 21.6 Å². The molecule has 2 aromatic rings. The van der Waals surface area contributed by atoms with Gasteiger partial charge in [-0.15, -0.1) is 0 Å². The number of anilines is 1. The predicted octanol–water partition coefficient (Wildman–Crippen LogP) is 3.37. The number of benzene rings is 2. The maximum absolute atomic E-state index is 12.8. The number of methoxy groups -OCH3 is 1. The highest BCUT2D eigenvalue weighted by Gasteiger charge is 2.28. The number of amides is 1. The van der Waals surface area contributed by atoms with Gasteiger partial charge >= 0.3 is 0 Å². The highest BCUT2D eigenvalue weighted by molar-refractivity contribution is 7.89. The number of nitrogens with zero attached hydrogens (tertiary/aromatic N) is 1. The second-order valence-electron chi connectivity index (χ2n) is 6.82. The third-order valence-corrected chi connectivity index (χ3v) is 6.60. The Morgan fingerprint density at radius 2 is 1.78 bits per heavy atom. The van der Waals surface area contributed by atoms with Crippen LogP contribution < -0.4 is 10.1 Å². The van der Waals surface area contributed by atoms with Crippen LogP contribution in [0.15, 0.2) is 53.4 Å². The molecule has 1 amide bonds. The average Bonchev–Trinajstić information content (AvgIpc) is 2.68. The van der Waals surface area contributed by atoms with Crippen LogP contribution in [0.3, 0.4) is 0 Å². The molecule has 3 rings (SSSR count). The van der Waals surface area contributed by atoms with Crippen LogP contribution in [-0.2, 0) is 10.0 Å². The third-order valence-electron chi connectivity index (χ3n) is 4.72. The standard InChI is InChI=1S/C20H24N2O4S/c1-15-4-3-13-22(14-15)27(24,25)19-11-7-17(8-12-19)21-20(23)16-5-9-18(26-2)10-6-16/h5-12,15H,3-4,13-14H2,1-2H3,(H,21,23). The number of ether oxygens (including phenoxy) is 1. The predicted molar refractivity (Wildman–Crippen MR) is 105 cm³/mol. The quantitative estimate of drug-likeness (QED) is 0.852. The zero-order chi connectivity index (χ0) is 19.4. The lowest BCUT2D eigenvalue weighted by atomic mass is 10.0. The molecule has 0 radical (unpaired) electrons. The summed E-state index contributed by atoms with van der Waals surface area (Å²) in [6.45, 7) is 3.18. The van der Waals surface area contributed by atoms with E-state index in [1.165, 1.54) is 12.1 Å². The SMILES string of the molecule is COc1ccc(C(=O)Nc2ccc(S(=O)(=O)N3CCCC(C)C3)cc2)cc1. The highest BCUT2D eigenvalue weighted by atomic mass is 32.2. The Labute approximate surface area is 160 Å². The molecule has 1 unspecified atom stereocenters. The van der Waals surface area contributed by atoms with E-state index >= 15 is 0 Å². The summed E-state index contributed by atoms with van der Waals surface area (Å²) < 4.78 is 32.2. The first-order valence-corrected chi connectivity index (χ1v) is 10.4. The molecule has 6 nitrogen and oxygen atoms in total. The molecule has 0 aliphatic carbocycles. The summed E-state index contributed by atoms with van der Waals surface area (Å²) in [5.74, 6) is 0.780. The Hall–Kier alpha value is -2.38. The van der Waals surface area contributed by atoms with Gasteiger partial charge in [-0.2, -0.15) is 4.31 Å². The van der Waals surface area contributed by atoms with Crippen LogP contribution in [0, 0.1) is 5.92 Å². The molecule has 1 aliphatic heterocycles. The van der Waals surface area contributed by atoms with E-state index in [-0.39, 0.29) is 10.8 Å². The Bertz CT molecular complexity index is 893. The van der Waals surface area contributed by atoms with Crippen LogP contribution in [0.5, 0.6) is 5.75 Å². The lowest BCUT2D eigenvalue weighted by molar-refractivity contribution is 0.102. The summed E-state index contributed by atoms with van der Waals surface area (Å²) in [7, 11) is -1.93. The Morgan fingerprint density at radius 3 is 2.37 bits per heavy atom. The topological polar surface area (TPSA) is 75.7 Å². The second kappa shape index (κ2) is 8.10. The van der Waals surface area contributed by atoms with E-state index in [0.717, 1.165) is 12.8 Å². The first-order valence-electron chi connectivity index (χ1n) is 8.96. The molecule has 1 atom stereocenters. The molecule has 0 aromatic heterocycles. The zero-order valence-electron chi connectivity index (χ0n) is 15.5. The summed E-state index contributed by atoms with van der Waals surface area (Å²) >= 11 is 0. The normalized spacial score (nSPS) is 18.1. The molecule has 1 heterocycles. The minimum absolute atomic E-state index is 0.249. The van der Waals surface area contributed by atoms with Crippen molar-refractivity contribution in [3.8, 4) is 5.75 Å². The zero-order valence-corrected chi connectivity index (χ0v) is 16.3. The van der Waals surface area contributed by atoms with E-state index in [1.807, 2.05) is 0 Å². The number of carbonyl (C=O) groups excluding carboxylic acids is 1. The van der Waals surface area contributed by atoms with E-state index in [0.29, 0.717) is 36.0 Å². The van der Waals surface area contributed by atoms with Gasteiger partial charge < -0.3 is 10.1 Å². The van der Waals surface area contributed by atoms with Crippen molar-refractivity contribution < 1.29 is 17.9 Å². The molecule has 2 aromatic carbocycles. The molecular formula is C20H24N2O4S. The maximum atomic E-state index is 12.8. The Morgan fingerprint density at radius 1 is 1.11 bits per heavy atom. The van der Waals surface area contributed by atoms with Crippen molar-refractivity contribution in [2.24, 2.45) is 5.92 Å². The summed E-state index contributed by atoms with van der Waals surface area (Å²) in [5, 5.41) is 2.77. The van der Waals surface area contributed by atoms with Crippen molar-refractivity contribution in [2.45, 2.75) is 24.7 Å². The van der Waals surface area contributed by atoms with Gasteiger partial charge in [0.1, 0.15) is 5.75 Å². The highest BCUT2D eigenvalue weighted by Crippen LogP contribution is 2.24. The van der Waals surface area contributed by atoms with E-state index in [9.17, 15) is 13.2 Å². The molecule has 0 bridgehead atoms. The fourth-order valence-corrected chi connectivity index (χ4v) is 4.77. The number of carbonyl (C=O) groups is 1. The first-order chi connectivity index (χ1) is 12.9. The minimum Gasteiger partial charge on any atom is -0.497 e. The van der Waals surface area contributed by atoms with Gasteiger partial charge in [-0.25, -0.2) is 8.42 Å². The molecule has 144 valence electrons. The van der Waals surface area contributed by atoms with Gasteiger partial charge in [0, 0.05) is 24.3 Å². The van der Waals surface area contributed by atoms with Gasteiger partial charge in [0.05, 0.1) is 12.0 Å². The summed E-state index contributed by atoms with van der Waals surface area (Å²) in [4.78, 5) is 12.5. The van der Waals surface area contributed by atoms with Gasteiger partial charge in [-0.3, -0.25) is 4.79 Å². The van der Waals surface area contributed by atoms with Gasteiger partial charge in [0.15, 0.2) is 0 Å². The number of sulfonamides is 1. The molecule has 1 N–H and O–H groups in total. The summed E-state index contributed by atoms with van der Waals surface area (Å²) in [6.07, 6.45) is 1.94. The minimum atomic E-state index is -3.49. The van der Waals surface area contributed by atoms with Crippen LogP contribution in [-0.4, -0.2) is 38.8 Å². The summed E-state index contributed by atoms with van der Waals surface area (Å²) in [5.41, 5.74) is 1.04. The lowest BCUT2D eigenvalue weighted by Crippen LogP contribution is -2.39. The van der Waals surface area contributed by atoms with Crippen molar-refractivity contribution in [1.82, 2.24) is 4.31 Å². The van der Waals surface area contributed by atoms with Crippen molar-refractivity contribution in [1.29, 1.82) is 0 Å². The number of nitrogens with one attached hydrogen (secondary N) is 1. The van der Waals surface area contributed by atoms with Crippen LogP contribution in [0.25, 0.3) is 0 Å². The maximum Gasteiger partial charge on any atom is 0.255 e. The van der Waals surface area contributed by atoms with E-state index in [2.05, 4.69) is 12.2 Å². The van der Waals surface area contributed by atoms with Crippen molar-refractivity contribution in [2.75, 3.05) is 25.5 Å². The molecule has 0 saturated carbocycles. The summed E-state index contributed by atoms with van der Waals surface area (Å²) in [6, 6.07) is 13.1. The Balaban J connectivity index is 1.70. The van der Waals surface area contributed by atoms with Gasteiger partial charge in [0.25, 0.3) is 5.91 Å². The van der Waals surface area contributed by atoms with Gasteiger partial charge in [0.2, 0.25) is 10.0 Å². The van der Waals surface area contributed by atoms with Gasteiger partial charge in [-0.1, -0.05) is 6.92 Å². The van der Waals surface area contributed by atoms with Crippen molar-refractivity contribution in [3.63, 3.8) is 0 Å². The smallest absolute Gasteiger partial charge is 0.255 e. The van der Waals surface area contributed by atoms with Crippen LogP contribution in [0.2, 0.25) is 0 Å².